The van der Waals surface area contributed by atoms with Gasteiger partial charge in [-0.1, -0.05) is 18.7 Å². The summed E-state index contributed by atoms with van der Waals surface area (Å²) in [5, 5.41) is 31.6. The van der Waals surface area contributed by atoms with E-state index in [1.165, 1.54) is 6.92 Å². The Morgan fingerprint density at radius 1 is 1.43 bits per heavy atom. The van der Waals surface area contributed by atoms with Crippen LogP contribution >= 0.6 is 23.2 Å². The van der Waals surface area contributed by atoms with E-state index in [-0.39, 0.29) is 36.1 Å². The van der Waals surface area contributed by atoms with Crippen LogP contribution in [0.1, 0.15) is 19.8 Å². The molecule has 1 saturated heterocycles. The molecule has 8 atom stereocenters. The minimum atomic E-state index is -1.90. The van der Waals surface area contributed by atoms with Gasteiger partial charge in [-0.3, -0.25) is 0 Å². The van der Waals surface area contributed by atoms with E-state index in [2.05, 4.69) is 13.2 Å². The highest BCUT2D eigenvalue weighted by atomic mass is 35.5. The van der Waals surface area contributed by atoms with Crippen LogP contribution in [0.3, 0.4) is 0 Å². The van der Waals surface area contributed by atoms with E-state index in [1.54, 1.807) is 0 Å². The van der Waals surface area contributed by atoms with Crippen molar-refractivity contribution in [1.29, 1.82) is 0 Å². The van der Waals surface area contributed by atoms with Crippen LogP contribution < -0.4 is 0 Å². The van der Waals surface area contributed by atoms with E-state index >= 15 is 0 Å². The Balaban J connectivity index is 2.01. The molecule has 1 heterocycles. The summed E-state index contributed by atoms with van der Waals surface area (Å²) in [6.45, 7) is 9.05. The van der Waals surface area contributed by atoms with Gasteiger partial charge in [-0.05, 0) is 19.3 Å². The first-order chi connectivity index (χ1) is 13.0. The molecule has 156 valence electrons. The lowest BCUT2D eigenvalue weighted by Crippen LogP contribution is -2.52. The van der Waals surface area contributed by atoms with Gasteiger partial charge in [0.15, 0.2) is 5.60 Å². The van der Waals surface area contributed by atoms with E-state index in [9.17, 15) is 24.9 Å². The Kier molecular flexibility index (Phi) is 5.62. The molecular formula is C19H24Cl2O7. The third kappa shape index (κ3) is 3.17. The summed E-state index contributed by atoms with van der Waals surface area (Å²) in [5.74, 6) is -4.11. The van der Waals surface area contributed by atoms with Gasteiger partial charge in [0.05, 0.1) is 23.8 Å². The number of aliphatic hydroxyl groups is 3. The molecule has 3 N–H and O–H groups in total. The summed E-state index contributed by atoms with van der Waals surface area (Å²) >= 11 is 11.6. The summed E-state index contributed by atoms with van der Waals surface area (Å²) in [6, 6.07) is 0. The molecule has 0 unspecified atom stereocenters. The number of fused-ring (bicyclic) bond motifs is 3. The fourth-order valence-corrected chi connectivity index (χ4v) is 5.05. The third-order valence-corrected chi connectivity index (χ3v) is 7.19. The number of aliphatic hydroxyl groups excluding tert-OH is 1. The van der Waals surface area contributed by atoms with Crippen molar-refractivity contribution in [3.8, 4) is 0 Å². The van der Waals surface area contributed by atoms with Gasteiger partial charge in [0, 0.05) is 17.9 Å². The number of ether oxygens (including phenoxy) is 2. The number of hydrogen-bond acceptors (Lipinski definition) is 7. The van der Waals surface area contributed by atoms with Crippen LogP contribution in [0.25, 0.3) is 0 Å². The molecule has 0 aromatic rings. The average molecular weight is 435 g/mol. The maximum atomic E-state index is 12.4. The van der Waals surface area contributed by atoms with Crippen LogP contribution in [0, 0.1) is 17.8 Å². The molecule has 2 saturated carbocycles. The quantitative estimate of drug-likeness (QED) is 0.260. The minimum Gasteiger partial charge on any atom is -0.459 e. The Morgan fingerprint density at radius 3 is 2.64 bits per heavy atom. The van der Waals surface area contributed by atoms with E-state index < -0.39 is 53.3 Å². The van der Waals surface area contributed by atoms with E-state index in [4.69, 9.17) is 32.7 Å². The van der Waals surface area contributed by atoms with E-state index in [0.29, 0.717) is 5.57 Å². The fourth-order valence-electron chi connectivity index (χ4n) is 4.58. The lowest BCUT2D eigenvalue weighted by Gasteiger charge is -2.37. The van der Waals surface area contributed by atoms with Gasteiger partial charge in [-0.25, -0.2) is 9.59 Å². The Labute approximate surface area is 172 Å². The van der Waals surface area contributed by atoms with Crippen molar-refractivity contribution in [2.24, 2.45) is 17.8 Å². The molecule has 9 heteroatoms. The summed E-state index contributed by atoms with van der Waals surface area (Å²) in [6.07, 6.45) is -2.54. The van der Waals surface area contributed by atoms with Crippen LogP contribution in [0.4, 0.5) is 0 Å². The number of halogens is 2. The van der Waals surface area contributed by atoms with Crippen LogP contribution in [-0.2, 0) is 19.1 Å². The lowest BCUT2D eigenvalue weighted by atomic mass is 9.76. The number of esters is 2. The van der Waals surface area contributed by atoms with Crippen LogP contribution in [-0.4, -0.2) is 68.5 Å². The van der Waals surface area contributed by atoms with Gasteiger partial charge >= 0.3 is 11.9 Å². The number of carbonyl (C=O) groups excluding carboxylic acids is 2. The van der Waals surface area contributed by atoms with Crippen LogP contribution in [0.2, 0.25) is 0 Å². The van der Waals surface area contributed by atoms with Crippen molar-refractivity contribution in [2.45, 2.75) is 49.3 Å². The van der Waals surface area contributed by atoms with Gasteiger partial charge in [-0.15, -0.1) is 23.2 Å². The van der Waals surface area contributed by atoms with Gasteiger partial charge in [0.25, 0.3) is 0 Å². The van der Waals surface area contributed by atoms with Gasteiger partial charge < -0.3 is 24.8 Å². The first-order valence-electron chi connectivity index (χ1n) is 9.01. The minimum absolute atomic E-state index is 0.0973. The largest absolute Gasteiger partial charge is 0.459 e. The summed E-state index contributed by atoms with van der Waals surface area (Å²) in [7, 11) is 0. The summed E-state index contributed by atoms with van der Waals surface area (Å²) in [4.78, 5) is 24.6. The van der Waals surface area contributed by atoms with Gasteiger partial charge in [-0.2, -0.15) is 0 Å². The molecule has 7 nitrogen and oxygen atoms in total. The van der Waals surface area contributed by atoms with Crippen molar-refractivity contribution < 1.29 is 34.4 Å². The Hall–Kier alpha value is -1.12. The molecule has 0 bridgehead atoms. The number of hydrogen-bond donors (Lipinski definition) is 3. The Morgan fingerprint density at radius 2 is 2.07 bits per heavy atom. The predicted octanol–water partition coefficient (Wildman–Crippen LogP) is 0.913. The monoisotopic (exact) mass is 434 g/mol. The standard InChI is InChI=1S/C19H24Cl2O7/c1-8-4-11(27-17(24)18(3,25)6-20)13-9(2)16(23)28-15(13)14-10(8)5-12(22)19(14,26)7-21/h10-15,22,25-26H,1-2,4-7H2,3H3/t10-,11-,12-,13+,14-,15-,18-,19+/m0/s1. The predicted molar refractivity (Wildman–Crippen MR) is 101 cm³/mol. The molecule has 28 heavy (non-hydrogen) atoms. The zero-order valence-electron chi connectivity index (χ0n) is 15.4. The van der Waals surface area contributed by atoms with Crippen LogP contribution in [0.15, 0.2) is 24.3 Å². The first-order valence-corrected chi connectivity index (χ1v) is 10.1. The van der Waals surface area contributed by atoms with E-state index in [1.807, 2.05) is 0 Å². The van der Waals surface area contributed by atoms with Crippen molar-refractivity contribution in [1.82, 2.24) is 0 Å². The summed E-state index contributed by atoms with van der Waals surface area (Å²) < 4.78 is 11.0. The molecule has 2 aliphatic carbocycles. The molecule has 3 aliphatic rings. The second kappa shape index (κ2) is 7.29. The van der Waals surface area contributed by atoms with Crippen molar-refractivity contribution in [2.75, 3.05) is 11.8 Å². The molecule has 0 aromatic carbocycles. The molecule has 0 amide bonds. The Bertz CT molecular complexity index is 721. The molecule has 0 radical (unpaired) electrons. The number of alkyl halides is 2. The van der Waals surface area contributed by atoms with Crippen LogP contribution in [0.5, 0.6) is 0 Å². The molecule has 3 rings (SSSR count). The average Bonchev–Trinajstić information content (AvgIpc) is 3.04. The SMILES string of the molecule is C=C1C(=O)O[C@H]2[C@H]1[C@@H](OC(=O)[C@@](C)(O)CCl)CC(=C)[C@@H]1C[C@H](O)[C@](O)(CCl)[C@H]21. The third-order valence-electron chi connectivity index (χ3n) is 6.24. The smallest absolute Gasteiger partial charge is 0.339 e. The van der Waals surface area contributed by atoms with Crippen molar-refractivity contribution >= 4 is 35.1 Å². The zero-order chi connectivity index (χ0) is 21.0. The maximum absolute atomic E-state index is 12.4. The lowest BCUT2D eigenvalue weighted by molar-refractivity contribution is -0.172. The maximum Gasteiger partial charge on any atom is 0.339 e. The highest BCUT2D eigenvalue weighted by molar-refractivity contribution is 6.20. The highest BCUT2D eigenvalue weighted by Gasteiger charge is 2.64. The second-order valence-electron chi connectivity index (χ2n) is 8.14. The highest BCUT2D eigenvalue weighted by Crippen LogP contribution is 2.55. The normalized spacial score (nSPS) is 42.3. The summed E-state index contributed by atoms with van der Waals surface area (Å²) in [5.41, 5.74) is -2.87. The second-order valence-corrected chi connectivity index (χ2v) is 8.68. The molecule has 1 aliphatic heterocycles. The van der Waals surface area contributed by atoms with Gasteiger partial charge in [0.2, 0.25) is 0 Å². The molecule has 0 aromatic heterocycles. The first kappa shape index (κ1) is 21.6. The molecular weight excluding hydrogens is 411 g/mol. The zero-order valence-corrected chi connectivity index (χ0v) is 16.9. The van der Waals surface area contributed by atoms with Crippen molar-refractivity contribution in [3.63, 3.8) is 0 Å². The van der Waals surface area contributed by atoms with Crippen molar-refractivity contribution in [3.05, 3.63) is 24.3 Å². The fraction of sp³-hybridized carbons (Fsp3) is 0.684. The number of carbonyl (C=O) groups is 2. The van der Waals surface area contributed by atoms with E-state index in [0.717, 1.165) is 0 Å². The van der Waals surface area contributed by atoms with Gasteiger partial charge in [0.1, 0.15) is 17.8 Å². The topological polar surface area (TPSA) is 113 Å². The molecule has 0 spiro atoms. The molecule has 3 fully saturated rings. The number of rotatable bonds is 4.